The molecule has 3 nitrogen and oxygen atoms in total. The molecule has 0 aliphatic carbocycles. The average Bonchev–Trinajstić information content (AvgIpc) is 2.98. The van der Waals surface area contributed by atoms with Gasteiger partial charge in [0.15, 0.2) is 0 Å². The summed E-state index contributed by atoms with van der Waals surface area (Å²) in [4.78, 5) is 0. The first-order chi connectivity index (χ1) is 20.3. The molecule has 0 aromatic rings. The van der Waals surface area contributed by atoms with Gasteiger partial charge in [0.05, 0.1) is 12.2 Å². The van der Waals surface area contributed by atoms with Crippen molar-refractivity contribution in [3.05, 3.63) is 24.3 Å². The highest BCUT2D eigenvalue weighted by atomic mass is 127. The first-order valence-corrected chi connectivity index (χ1v) is 20.6. The van der Waals surface area contributed by atoms with Gasteiger partial charge < -0.3 is 14.2 Å². The van der Waals surface area contributed by atoms with E-state index in [0.29, 0.717) is 13.6 Å². The Morgan fingerprint density at radius 3 is 1.24 bits per heavy atom. The van der Waals surface area contributed by atoms with Crippen molar-refractivity contribution in [2.75, 3.05) is 22.4 Å². The number of unbranched alkanes of at least 4 members (excludes halogenated alkanes) is 14. The summed E-state index contributed by atoms with van der Waals surface area (Å²) < 4.78 is 20.8. The van der Waals surface area contributed by atoms with Crippen molar-refractivity contribution in [3.63, 3.8) is 0 Å². The smallest absolute Gasteiger partial charge is 0.149 e. The molecular formula is C36H68I2O3. The van der Waals surface area contributed by atoms with Gasteiger partial charge in [-0.15, -0.1) is 0 Å². The largest absolute Gasteiger partial charge is 0.352 e. The van der Waals surface area contributed by atoms with Crippen LogP contribution in [0.1, 0.15) is 168 Å². The van der Waals surface area contributed by atoms with E-state index in [9.17, 15) is 0 Å². The lowest BCUT2D eigenvalue weighted by molar-refractivity contribution is -0.167. The van der Waals surface area contributed by atoms with Gasteiger partial charge in [0.25, 0.3) is 0 Å². The van der Waals surface area contributed by atoms with E-state index in [-0.39, 0.29) is 12.2 Å². The van der Waals surface area contributed by atoms with Crippen LogP contribution in [0.25, 0.3) is 0 Å². The maximum atomic E-state index is 6.20. The molecular weight excluding hydrogens is 734 g/mol. The monoisotopic (exact) mass is 802 g/mol. The zero-order chi connectivity index (χ0) is 29.9. The Morgan fingerprint density at radius 1 is 0.439 bits per heavy atom. The first-order valence-electron chi connectivity index (χ1n) is 17.5. The van der Waals surface area contributed by atoms with Crippen LogP contribution < -0.4 is 0 Å². The molecule has 0 amide bonds. The summed E-state index contributed by atoms with van der Waals surface area (Å²) in [6.07, 6.45) is 40.4. The van der Waals surface area contributed by atoms with E-state index in [0.717, 1.165) is 38.5 Å². The summed E-state index contributed by atoms with van der Waals surface area (Å²) in [5.74, 6) is 0. The maximum Gasteiger partial charge on any atom is 0.149 e. The summed E-state index contributed by atoms with van der Waals surface area (Å²) in [5.41, 5.74) is 0. The molecule has 0 radical (unpaired) electrons. The summed E-state index contributed by atoms with van der Waals surface area (Å²) in [7, 11) is 0. The van der Waals surface area contributed by atoms with Gasteiger partial charge in [-0.05, 0) is 85.9 Å². The maximum absolute atomic E-state index is 6.20. The molecule has 0 saturated carbocycles. The molecule has 5 heteroatoms. The summed E-state index contributed by atoms with van der Waals surface area (Å²) >= 11 is 4.96. The minimum Gasteiger partial charge on any atom is -0.352 e. The fourth-order valence-corrected chi connectivity index (χ4v) is 6.08. The highest BCUT2D eigenvalue weighted by molar-refractivity contribution is 14.1. The van der Waals surface area contributed by atoms with E-state index >= 15 is 0 Å². The van der Waals surface area contributed by atoms with Crippen LogP contribution in [0.5, 0.6) is 0 Å². The molecule has 0 aromatic heterocycles. The summed E-state index contributed by atoms with van der Waals surface area (Å²) in [6.45, 7) is 5.24. The third kappa shape index (κ3) is 33.5. The standard InChI is InChI=1S/C36H68I2O3/c1-3-5-7-21-27-35(29-23-17-13-9-11-15-19-25-31-37)40-33-39-34-41-36(28-22-8-6-4-2)30-24-18-14-10-12-16-20-26-32-38/h13-14,17-18,35-36H,3-12,15-16,19-34H2,1-2H3. The second kappa shape index (κ2) is 37.0. The Kier molecular flexibility index (Phi) is 37.7. The van der Waals surface area contributed by atoms with E-state index in [1.807, 2.05) is 0 Å². The molecule has 244 valence electrons. The van der Waals surface area contributed by atoms with Gasteiger partial charge in [-0.25, -0.2) is 0 Å². The number of hydrogen-bond donors (Lipinski definition) is 0. The molecule has 0 fully saturated rings. The van der Waals surface area contributed by atoms with E-state index in [4.69, 9.17) is 14.2 Å². The number of hydrogen-bond acceptors (Lipinski definition) is 3. The zero-order valence-corrected chi connectivity index (χ0v) is 31.6. The van der Waals surface area contributed by atoms with Crippen molar-refractivity contribution in [2.24, 2.45) is 0 Å². The quantitative estimate of drug-likeness (QED) is 0.0213. The topological polar surface area (TPSA) is 27.7 Å². The third-order valence-electron chi connectivity index (χ3n) is 7.69. The predicted octanol–water partition coefficient (Wildman–Crippen LogP) is 13.1. The van der Waals surface area contributed by atoms with Crippen LogP contribution in [0.15, 0.2) is 24.3 Å². The Morgan fingerprint density at radius 2 is 0.829 bits per heavy atom. The molecule has 0 heterocycles. The van der Waals surface area contributed by atoms with Gasteiger partial charge >= 0.3 is 0 Å². The Balaban J connectivity index is 4.31. The average molecular weight is 803 g/mol. The molecule has 0 aliphatic heterocycles. The van der Waals surface area contributed by atoms with Crippen molar-refractivity contribution in [2.45, 2.75) is 180 Å². The van der Waals surface area contributed by atoms with Gasteiger partial charge in [0, 0.05) is 0 Å². The number of ether oxygens (including phenoxy) is 3. The van der Waals surface area contributed by atoms with Gasteiger partial charge in [0.1, 0.15) is 13.6 Å². The SMILES string of the molecule is CCCCCCC(CCC=CCCCCCCI)OCOCOC(CCC=CCCCCCCI)CCCCCC. The Hall–Kier alpha value is 0.820. The van der Waals surface area contributed by atoms with Crippen molar-refractivity contribution in [3.8, 4) is 0 Å². The predicted molar refractivity (Wildman–Crippen MR) is 199 cm³/mol. The van der Waals surface area contributed by atoms with Crippen LogP contribution in [-0.4, -0.2) is 34.6 Å². The fraction of sp³-hybridized carbons (Fsp3) is 0.889. The van der Waals surface area contributed by atoms with Crippen LogP contribution in [0.3, 0.4) is 0 Å². The highest BCUT2D eigenvalue weighted by Gasteiger charge is 2.11. The van der Waals surface area contributed by atoms with Gasteiger partial charge in [-0.3, -0.25) is 0 Å². The summed E-state index contributed by atoms with van der Waals surface area (Å²) in [6, 6.07) is 0. The Labute approximate surface area is 284 Å². The molecule has 0 N–H and O–H groups in total. The number of allylic oxidation sites excluding steroid dienone is 4. The molecule has 0 saturated heterocycles. The third-order valence-corrected chi connectivity index (χ3v) is 9.21. The molecule has 0 aromatic carbocycles. The number of rotatable bonds is 34. The minimum atomic E-state index is 0.289. The fourth-order valence-electron chi connectivity index (χ4n) is 5.00. The van der Waals surface area contributed by atoms with E-state index in [1.165, 1.54) is 124 Å². The normalized spacial score (nSPS) is 13.6. The van der Waals surface area contributed by atoms with Crippen molar-refractivity contribution in [1.82, 2.24) is 0 Å². The van der Waals surface area contributed by atoms with Crippen molar-refractivity contribution in [1.29, 1.82) is 0 Å². The lowest BCUT2D eigenvalue weighted by Crippen LogP contribution is -2.19. The van der Waals surface area contributed by atoms with Crippen LogP contribution >= 0.6 is 45.2 Å². The molecule has 0 rings (SSSR count). The van der Waals surface area contributed by atoms with E-state index in [1.54, 1.807) is 0 Å². The van der Waals surface area contributed by atoms with Crippen molar-refractivity contribution >= 4 is 45.2 Å². The lowest BCUT2D eigenvalue weighted by Gasteiger charge is -2.20. The minimum absolute atomic E-state index is 0.289. The second-order valence-electron chi connectivity index (χ2n) is 11.6. The molecule has 0 bridgehead atoms. The molecule has 0 aliphatic rings. The van der Waals surface area contributed by atoms with Gasteiger partial charge in [-0.1, -0.05) is 160 Å². The molecule has 0 spiro atoms. The summed E-state index contributed by atoms with van der Waals surface area (Å²) in [5, 5.41) is 0. The van der Waals surface area contributed by atoms with Crippen LogP contribution in [-0.2, 0) is 14.2 Å². The van der Waals surface area contributed by atoms with Crippen LogP contribution in [0.4, 0.5) is 0 Å². The zero-order valence-electron chi connectivity index (χ0n) is 27.2. The first kappa shape index (κ1) is 41.8. The van der Waals surface area contributed by atoms with Crippen LogP contribution in [0.2, 0.25) is 0 Å². The molecule has 2 atom stereocenters. The van der Waals surface area contributed by atoms with E-state index in [2.05, 4.69) is 83.3 Å². The van der Waals surface area contributed by atoms with Gasteiger partial charge in [0.2, 0.25) is 0 Å². The number of alkyl halides is 2. The lowest BCUT2D eigenvalue weighted by atomic mass is 10.0. The van der Waals surface area contributed by atoms with Crippen molar-refractivity contribution < 1.29 is 14.2 Å². The highest BCUT2D eigenvalue weighted by Crippen LogP contribution is 2.16. The van der Waals surface area contributed by atoms with Crippen LogP contribution in [0, 0.1) is 0 Å². The molecule has 41 heavy (non-hydrogen) atoms. The van der Waals surface area contributed by atoms with Gasteiger partial charge in [-0.2, -0.15) is 0 Å². The second-order valence-corrected chi connectivity index (χ2v) is 13.8. The molecule has 2 unspecified atom stereocenters. The Bertz CT molecular complexity index is 495. The number of halogens is 2. The van der Waals surface area contributed by atoms with E-state index < -0.39 is 0 Å².